The molecule has 1 heterocycles. The summed E-state index contributed by atoms with van der Waals surface area (Å²) in [5.74, 6) is -1.22. The zero-order valence-electron chi connectivity index (χ0n) is 10.9. The minimum absolute atomic E-state index is 0.451. The number of carboxylic acid groups (broad SMARTS) is 1. The Morgan fingerprint density at radius 1 is 1.26 bits per heavy atom. The zero-order valence-corrected chi connectivity index (χ0v) is 10.9. The quantitative estimate of drug-likeness (QED) is 0.892. The summed E-state index contributed by atoms with van der Waals surface area (Å²) in [6, 6.07) is 11.6. The first-order chi connectivity index (χ1) is 9.16. The second-order valence-electron chi connectivity index (χ2n) is 4.70. The molecule has 1 unspecified atom stereocenters. The van der Waals surface area contributed by atoms with Gasteiger partial charge in [0.2, 0.25) is 0 Å². The van der Waals surface area contributed by atoms with Crippen molar-refractivity contribution in [1.29, 1.82) is 0 Å². The number of aryl methyl sites for hydroxylation is 2. The molecule has 0 aliphatic rings. The monoisotopic (exact) mass is 255 g/mol. The Kier molecular flexibility index (Phi) is 4.29. The Morgan fingerprint density at radius 3 is 2.63 bits per heavy atom. The fourth-order valence-corrected chi connectivity index (χ4v) is 2.18. The Hall–Kier alpha value is -2.16. The molecule has 0 saturated heterocycles. The maximum Gasteiger partial charge on any atom is 0.310 e. The number of pyridine rings is 1. The molecule has 1 aromatic heterocycles. The lowest BCUT2D eigenvalue weighted by Gasteiger charge is -2.13. The fraction of sp³-hybridized carbons (Fsp3) is 0.250. The maximum atomic E-state index is 11.4. The molecule has 0 amide bonds. The van der Waals surface area contributed by atoms with Gasteiger partial charge in [-0.3, -0.25) is 9.78 Å². The second-order valence-corrected chi connectivity index (χ2v) is 4.70. The number of nitrogens with zero attached hydrogens (tertiary/aromatic N) is 1. The van der Waals surface area contributed by atoms with Crippen molar-refractivity contribution in [1.82, 2.24) is 4.98 Å². The van der Waals surface area contributed by atoms with E-state index in [1.807, 2.05) is 43.3 Å². The van der Waals surface area contributed by atoms with E-state index in [-0.39, 0.29) is 0 Å². The van der Waals surface area contributed by atoms with Gasteiger partial charge in [0.15, 0.2) is 0 Å². The molecule has 3 nitrogen and oxygen atoms in total. The molecule has 0 bridgehead atoms. The van der Waals surface area contributed by atoms with Crippen LogP contribution in [0.25, 0.3) is 0 Å². The molecular formula is C16H17NO2. The summed E-state index contributed by atoms with van der Waals surface area (Å²) < 4.78 is 0. The van der Waals surface area contributed by atoms with Crippen LogP contribution in [-0.4, -0.2) is 16.1 Å². The average Bonchev–Trinajstić information content (AvgIpc) is 2.40. The van der Waals surface area contributed by atoms with E-state index in [1.54, 1.807) is 12.4 Å². The summed E-state index contributed by atoms with van der Waals surface area (Å²) >= 11 is 0. The van der Waals surface area contributed by atoms with E-state index in [1.165, 1.54) is 0 Å². The zero-order chi connectivity index (χ0) is 13.7. The lowest BCUT2D eigenvalue weighted by atomic mass is 9.92. The molecule has 0 fully saturated rings. The first-order valence-electron chi connectivity index (χ1n) is 6.35. The summed E-state index contributed by atoms with van der Waals surface area (Å²) in [5.41, 5.74) is 3.09. The lowest BCUT2D eigenvalue weighted by Crippen LogP contribution is -2.12. The molecule has 2 rings (SSSR count). The molecular weight excluding hydrogens is 238 g/mol. The molecule has 98 valence electrons. The van der Waals surface area contributed by atoms with Crippen LogP contribution in [0.15, 0.2) is 48.8 Å². The van der Waals surface area contributed by atoms with Crippen molar-refractivity contribution in [3.05, 3.63) is 65.5 Å². The van der Waals surface area contributed by atoms with Crippen LogP contribution >= 0.6 is 0 Å². The molecule has 0 radical (unpaired) electrons. The highest BCUT2D eigenvalue weighted by Gasteiger charge is 2.19. The molecule has 0 spiro atoms. The highest BCUT2D eigenvalue weighted by molar-refractivity contribution is 5.76. The van der Waals surface area contributed by atoms with E-state index < -0.39 is 11.9 Å². The third-order valence-corrected chi connectivity index (χ3v) is 3.21. The lowest BCUT2D eigenvalue weighted by molar-refractivity contribution is -0.138. The van der Waals surface area contributed by atoms with Crippen LogP contribution in [0.4, 0.5) is 0 Å². The van der Waals surface area contributed by atoms with Gasteiger partial charge in [0.05, 0.1) is 5.92 Å². The largest absolute Gasteiger partial charge is 0.481 e. The van der Waals surface area contributed by atoms with E-state index in [9.17, 15) is 9.90 Å². The van der Waals surface area contributed by atoms with Gasteiger partial charge >= 0.3 is 5.97 Å². The Balaban J connectivity index is 2.11. The van der Waals surface area contributed by atoms with E-state index in [0.717, 1.165) is 23.1 Å². The van der Waals surface area contributed by atoms with Crippen LogP contribution < -0.4 is 0 Å². The maximum absolute atomic E-state index is 11.4. The van der Waals surface area contributed by atoms with E-state index in [4.69, 9.17) is 0 Å². The molecule has 1 N–H and O–H groups in total. The summed E-state index contributed by atoms with van der Waals surface area (Å²) in [5, 5.41) is 9.38. The molecule has 1 atom stereocenters. The van der Waals surface area contributed by atoms with Gasteiger partial charge in [-0.05, 0) is 43.0 Å². The van der Waals surface area contributed by atoms with Gasteiger partial charge in [0, 0.05) is 12.4 Å². The minimum Gasteiger partial charge on any atom is -0.481 e. The van der Waals surface area contributed by atoms with E-state index in [2.05, 4.69) is 4.98 Å². The number of aromatic nitrogens is 1. The first kappa shape index (κ1) is 13.3. The van der Waals surface area contributed by atoms with Crippen molar-refractivity contribution in [2.24, 2.45) is 0 Å². The van der Waals surface area contributed by atoms with Crippen LogP contribution in [0.5, 0.6) is 0 Å². The van der Waals surface area contributed by atoms with Crippen molar-refractivity contribution in [2.75, 3.05) is 0 Å². The minimum atomic E-state index is -0.764. The van der Waals surface area contributed by atoms with Gasteiger partial charge < -0.3 is 5.11 Å². The number of aliphatic carboxylic acids is 1. The van der Waals surface area contributed by atoms with E-state index >= 15 is 0 Å². The topological polar surface area (TPSA) is 50.2 Å². The second kappa shape index (κ2) is 6.14. The van der Waals surface area contributed by atoms with Crippen molar-refractivity contribution < 1.29 is 9.90 Å². The summed E-state index contributed by atoms with van der Waals surface area (Å²) in [6.45, 7) is 1.98. The summed E-state index contributed by atoms with van der Waals surface area (Å²) in [7, 11) is 0. The molecule has 0 saturated carbocycles. The fourth-order valence-electron chi connectivity index (χ4n) is 2.18. The van der Waals surface area contributed by atoms with Gasteiger partial charge in [0.25, 0.3) is 0 Å². The van der Waals surface area contributed by atoms with Gasteiger partial charge in [-0.25, -0.2) is 0 Å². The summed E-state index contributed by atoms with van der Waals surface area (Å²) in [4.78, 5) is 15.4. The molecule has 0 aliphatic heterocycles. The number of benzene rings is 1. The third-order valence-electron chi connectivity index (χ3n) is 3.21. The van der Waals surface area contributed by atoms with Crippen molar-refractivity contribution in [3.8, 4) is 0 Å². The number of rotatable bonds is 5. The third kappa shape index (κ3) is 3.65. The Labute approximate surface area is 112 Å². The van der Waals surface area contributed by atoms with Crippen LogP contribution in [0.1, 0.15) is 29.0 Å². The number of hydrogen-bond donors (Lipinski definition) is 1. The summed E-state index contributed by atoms with van der Waals surface area (Å²) in [6.07, 6.45) is 4.81. The highest BCUT2D eigenvalue weighted by atomic mass is 16.4. The van der Waals surface area contributed by atoms with Gasteiger partial charge in [-0.15, -0.1) is 0 Å². The van der Waals surface area contributed by atoms with Crippen molar-refractivity contribution in [2.45, 2.75) is 25.7 Å². The molecule has 0 aliphatic carbocycles. The van der Waals surface area contributed by atoms with Crippen LogP contribution in [0, 0.1) is 6.92 Å². The molecule has 19 heavy (non-hydrogen) atoms. The van der Waals surface area contributed by atoms with Crippen molar-refractivity contribution in [3.63, 3.8) is 0 Å². The molecule has 3 heteroatoms. The van der Waals surface area contributed by atoms with Crippen LogP contribution in [-0.2, 0) is 11.2 Å². The van der Waals surface area contributed by atoms with Crippen molar-refractivity contribution >= 4 is 5.97 Å². The predicted octanol–water partition coefficient (Wildman–Crippen LogP) is 3.19. The predicted molar refractivity (Wildman–Crippen MR) is 74.1 cm³/mol. The smallest absolute Gasteiger partial charge is 0.310 e. The van der Waals surface area contributed by atoms with Gasteiger partial charge in [-0.2, -0.15) is 0 Å². The average molecular weight is 255 g/mol. The first-order valence-corrected chi connectivity index (χ1v) is 6.35. The van der Waals surface area contributed by atoms with Gasteiger partial charge in [0.1, 0.15) is 0 Å². The number of carboxylic acids is 1. The van der Waals surface area contributed by atoms with Crippen LogP contribution in [0.3, 0.4) is 0 Å². The van der Waals surface area contributed by atoms with E-state index in [0.29, 0.717) is 6.42 Å². The Bertz CT molecular complexity index is 552. The molecule has 1 aromatic carbocycles. The SMILES string of the molecule is Cc1cccc(C(CCc2ccncc2)C(=O)O)c1. The molecule has 2 aromatic rings. The normalized spacial score (nSPS) is 12.1. The Morgan fingerprint density at radius 2 is 2.00 bits per heavy atom. The van der Waals surface area contributed by atoms with Crippen LogP contribution in [0.2, 0.25) is 0 Å². The number of hydrogen-bond acceptors (Lipinski definition) is 2. The van der Waals surface area contributed by atoms with Gasteiger partial charge in [-0.1, -0.05) is 29.8 Å². The standard InChI is InChI=1S/C16H17NO2/c1-12-3-2-4-14(11-12)15(16(18)19)6-5-13-7-9-17-10-8-13/h2-4,7-11,15H,5-6H2,1H3,(H,18,19). The number of carbonyl (C=O) groups is 1. The highest BCUT2D eigenvalue weighted by Crippen LogP contribution is 2.23.